The van der Waals surface area contributed by atoms with Crippen molar-refractivity contribution in [3.05, 3.63) is 35.4 Å². The average molecular weight is 285 g/mol. The Morgan fingerprint density at radius 2 is 2.00 bits per heavy atom. The van der Waals surface area contributed by atoms with Crippen molar-refractivity contribution in [2.75, 3.05) is 26.8 Å². The number of nitrogens with one attached hydrogen (secondary N) is 1. The van der Waals surface area contributed by atoms with E-state index in [1.165, 1.54) is 0 Å². The molecule has 0 bridgehead atoms. The first-order chi connectivity index (χ1) is 9.54. The summed E-state index contributed by atoms with van der Waals surface area (Å²) in [5.74, 6) is -0.653. The van der Waals surface area contributed by atoms with Crippen molar-refractivity contribution in [2.24, 2.45) is 11.8 Å². The summed E-state index contributed by atoms with van der Waals surface area (Å²) < 4.78 is 32.0. The van der Waals surface area contributed by atoms with E-state index in [1.807, 2.05) is 0 Å². The van der Waals surface area contributed by atoms with E-state index < -0.39 is 11.6 Å². The molecule has 0 aliphatic heterocycles. The van der Waals surface area contributed by atoms with Crippen LogP contribution in [0.25, 0.3) is 0 Å². The highest BCUT2D eigenvalue weighted by Gasteiger charge is 2.15. The minimum atomic E-state index is -0.766. The van der Waals surface area contributed by atoms with E-state index in [0.717, 1.165) is 25.6 Å². The molecule has 20 heavy (non-hydrogen) atoms. The third-order valence-corrected chi connectivity index (χ3v) is 3.26. The monoisotopic (exact) mass is 285 g/mol. The molecule has 1 aromatic rings. The lowest BCUT2D eigenvalue weighted by Gasteiger charge is -2.20. The van der Waals surface area contributed by atoms with Crippen LogP contribution in [-0.4, -0.2) is 26.8 Å². The fraction of sp³-hybridized carbons (Fsp3) is 0.625. The summed E-state index contributed by atoms with van der Waals surface area (Å²) in [5, 5.41) is 3.30. The number of ether oxygens (including phenoxy) is 1. The van der Waals surface area contributed by atoms with Crippen LogP contribution in [0.2, 0.25) is 0 Å². The molecular formula is C16H25F2NO. The molecule has 0 heterocycles. The van der Waals surface area contributed by atoms with Crippen LogP contribution < -0.4 is 5.32 Å². The van der Waals surface area contributed by atoms with Crippen LogP contribution in [0, 0.1) is 23.5 Å². The number of halogens is 2. The first-order valence-electron chi connectivity index (χ1n) is 7.17. The van der Waals surface area contributed by atoms with Gasteiger partial charge in [-0.3, -0.25) is 0 Å². The molecule has 0 aliphatic carbocycles. The highest BCUT2D eigenvalue weighted by atomic mass is 19.2. The molecule has 0 saturated carbocycles. The summed E-state index contributed by atoms with van der Waals surface area (Å²) in [6, 6.07) is 4.40. The standard InChI is InChI=1S/C16H25F2NO/c1-12(2)9-13(11-19-7-8-20-3)10-14-5-4-6-15(17)16(14)18/h4-6,12-13,19H,7-11H2,1-3H3. The molecule has 0 spiro atoms. The highest BCUT2D eigenvalue weighted by Crippen LogP contribution is 2.20. The van der Waals surface area contributed by atoms with E-state index in [2.05, 4.69) is 19.2 Å². The Kier molecular flexibility index (Phi) is 7.70. The van der Waals surface area contributed by atoms with Gasteiger partial charge in [-0.15, -0.1) is 0 Å². The van der Waals surface area contributed by atoms with Gasteiger partial charge in [0.1, 0.15) is 0 Å². The van der Waals surface area contributed by atoms with Gasteiger partial charge in [0.05, 0.1) is 6.61 Å². The third-order valence-electron chi connectivity index (χ3n) is 3.26. The van der Waals surface area contributed by atoms with Crippen LogP contribution in [-0.2, 0) is 11.2 Å². The predicted molar refractivity (Wildman–Crippen MR) is 77.8 cm³/mol. The molecule has 1 N–H and O–H groups in total. The molecule has 114 valence electrons. The van der Waals surface area contributed by atoms with Crippen LogP contribution in [0.4, 0.5) is 8.78 Å². The van der Waals surface area contributed by atoms with Gasteiger partial charge >= 0.3 is 0 Å². The molecule has 0 saturated heterocycles. The molecule has 1 rings (SSSR count). The molecule has 1 atom stereocenters. The summed E-state index contributed by atoms with van der Waals surface area (Å²) in [4.78, 5) is 0. The molecule has 0 aromatic heterocycles. The molecular weight excluding hydrogens is 260 g/mol. The Balaban J connectivity index is 2.61. The van der Waals surface area contributed by atoms with Gasteiger partial charge in [0, 0.05) is 13.7 Å². The van der Waals surface area contributed by atoms with E-state index in [9.17, 15) is 8.78 Å². The minimum Gasteiger partial charge on any atom is -0.383 e. The van der Waals surface area contributed by atoms with Crippen LogP contribution in [0.3, 0.4) is 0 Å². The topological polar surface area (TPSA) is 21.3 Å². The van der Waals surface area contributed by atoms with Crippen molar-refractivity contribution in [1.29, 1.82) is 0 Å². The second kappa shape index (κ2) is 9.03. The second-order valence-electron chi connectivity index (χ2n) is 5.61. The average Bonchev–Trinajstić information content (AvgIpc) is 2.39. The molecule has 0 radical (unpaired) electrons. The van der Waals surface area contributed by atoms with Crippen LogP contribution >= 0.6 is 0 Å². The maximum absolute atomic E-state index is 13.7. The van der Waals surface area contributed by atoms with Gasteiger partial charge < -0.3 is 10.1 Å². The zero-order valence-electron chi connectivity index (χ0n) is 12.6. The van der Waals surface area contributed by atoms with Gasteiger partial charge in [-0.2, -0.15) is 0 Å². The number of methoxy groups -OCH3 is 1. The van der Waals surface area contributed by atoms with Gasteiger partial charge in [0.2, 0.25) is 0 Å². The highest BCUT2D eigenvalue weighted by molar-refractivity contribution is 5.19. The first-order valence-corrected chi connectivity index (χ1v) is 7.17. The van der Waals surface area contributed by atoms with Crippen molar-refractivity contribution >= 4 is 0 Å². The SMILES string of the molecule is COCCNCC(Cc1cccc(F)c1F)CC(C)C. The normalized spacial score (nSPS) is 12.9. The van der Waals surface area contributed by atoms with Crippen molar-refractivity contribution < 1.29 is 13.5 Å². The maximum atomic E-state index is 13.7. The maximum Gasteiger partial charge on any atom is 0.162 e. The fourth-order valence-electron chi connectivity index (χ4n) is 2.40. The van der Waals surface area contributed by atoms with E-state index in [-0.39, 0.29) is 0 Å². The minimum absolute atomic E-state index is 0.295. The smallest absolute Gasteiger partial charge is 0.162 e. The number of benzene rings is 1. The molecule has 1 unspecified atom stereocenters. The number of hydrogen-bond acceptors (Lipinski definition) is 2. The predicted octanol–water partition coefficient (Wildman–Crippen LogP) is 3.41. The van der Waals surface area contributed by atoms with Gasteiger partial charge in [0.25, 0.3) is 0 Å². The van der Waals surface area contributed by atoms with E-state index in [0.29, 0.717) is 30.4 Å². The summed E-state index contributed by atoms with van der Waals surface area (Å²) in [5.41, 5.74) is 0.462. The lowest BCUT2D eigenvalue weighted by molar-refractivity contribution is 0.197. The lowest BCUT2D eigenvalue weighted by Crippen LogP contribution is -2.28. The van der Waals surface area contributed by atoms with Crippen LogP contribution in [0.5, 0.6) is 0 Å². The van der Waals surface area contributed by atoms with Crippen molar-refractivity contribution in [3.63, 3.8) is 0 Å². The Labute approximate surface area is 120 Å². The number of rotatable bonds is 9. The van der Waals surface area contributed by atoms with Gasteiger partial charge in [-0.25, -0.2) is 8.78 Å². The molecule has 0 amide bonds. The van der Waals surface area contributed by atoms with Crippen molar-refractivity contribution in [1.82, 2.24) is 5.32 Å². The zero-order chi connectivity index (χ0) is 15.0. The Morgan fingerprint density at radius 1 is 1.25 bits per heavy atom. The summed E-state index contributed by atoms with van der Waals surface area (Å²) in [6.45, 7) is 6.51. The van der Waals surface area contributed by atoms with Crippen LogP contribution in [0.15, 0.2) is 18.2 Å². The fourth-order valence-corrected chi connectivity index (χ4v) is 2.40. The van der Waals surface area contributed by atoms with Gasteiger partial charge in [-0.05, 0) is 42.9 Å². The van der Waals surface area contributed by atoms with E-state index in [1.54, 1.807) is 19.2 Å². The summed E-state index contributed by atoms with van der Waals surface area (Å²) in [7, 11) is 1.66. The molecule has 1 aromatic carbocycles. The molecule has 2 nitrogen and oxygen atoms in total. The Morgan fingerprint density at radius 3 is 2.65 bits per heavy atom. The van der Waals surface area contributed by atoms with Crippen molar-refractivity contribution in [2.45, 2.75) is 26.7 Å². The van der Waals surface area contributed by atoms with Gasteiger partial charge in [-0.1, -0.05) is 26.0 Å². The molecule has 0 aliphatic rings. The van der Waals surface area contributed by atoms with E-state index in [4.69, 9.17) is 4.74 Å². The Hall–Kier alpha value is -1.00. The van der Waals surface area contributed by atoms with E-state index >= 15 is 0 Å². The molecule has 0 fully saturated rings. The van der Waals surface area contributed by atoms with Gasteiger partial charge in [0.15, 0.2) is 11.6 Å². The van der Waals surface area contributed by atoms with Crippen molar-refractivity contribution in [3.8, 4) is 0 Å². The largest absolute Gasteiger partial charge is 0.383 e. The third kappa shape index (κ3) is 5.97. The second-order valence-corrected chi connectivity index (χ2v) is 5.61. The molecule has 4 heteroatoms. The summed E-state index contributed by atoms with van der Waals surface area (Å²) >= 11 is 0. The van der Waals surface area contributed by atoms with Crippen LogP contribution in [0.1, 0.15) is 25.8 Å². The quantitative estimate of drug-likeness (QED) is 0.702. The first kappa shape index (κ1) is 17.1. The summed E-state index contributed by atoms with van der Waals surface area (Å²) in [6.07, 6.45) is 1.54. The Bertz CT molecular complexity index is 396. The zero-order valence-corrected chi connectivity index (χ0v) is 12.6. The number of hydrogen-bond donors (Lipinski definition) is 1. The lowest BCUT2D eigenvalue weighted by atomic mass is 9.90.